The molecule has 7 heteroatoms. The van der Waals surface area contributed by atoms with E-state index in [4.69, 9.17) is 0 Å². The van der Waals surface area contributed by atoms with Crippen molar-refractivity contribution in [3.63, 3.8) is 0 Å². The topological polar surface area (TPSA) is 68.1 Å². The fourth-order valence-corrected chi connectivity index (χ4v) is 2.79. The Morgan fingerprint density at radius 1 is 1.40 bits per heavy atom. The number of aromatic nitrogens is 3. The quantitative estimate of drug-likeness (QED) is 0.707. The Morgan fingerprint density at radius 3 is 2.80 bits per heavy atom. The monoisotopic (exact) mass is 230 g/mol. The minimum absolute atomic E-state index is 0.334. The average molecular weight is 230 g/mol. The van der Waals surface area contributed by atoms with E-state index in [1.54, 1.807) is 20.2 Å². The highest BCUT2D eigenvalue weighted by molar-refractivity contribution is 7.89. The second kappa shape index (κ2) is 3.57. The molecule has 0 unspecified atom stereocenters. The third-order valence-corrected chi connectivity index (χ3v) is 4.78. The van der Waals surface area contributed by atoms with Crippen LogP contribution < -0.4 is 0 Å². The summed E-state index contributed by atoms with van der Waals surface area (Å²) in [7, 11) is -3.17. The highest BCUT2D eigenvalue weighted by Gasteiger charge is 2.29. The van der Waals surface area contributed by atoms with Gasteiger partial charge >= 0.3 is 0 Å². The molecule has 0 saturated heterocycles. The Kier molecular flexibility index (Phi) is 2.51. The van der Waals surface area contributed by atoms with Crippen LogP contribution in [0, 0.1) is 0 Å². The molecule has 0 atom stereocenters. The first-order chi connectivity index (χ1) is 7.01. The lowest BCUT2D eigenvalue weighted by Gasteiger charge is -2.27. The first kappa shape index (κ1) is 10.6. The smallest absolute Gasteiger partial charge is 0.216 e. The van der Waals surface area contributed by atoms with E-state index in [1.165, 1.54) is 4.31 Å². The molecule has 2 rings (SSSR count). The maximum Gasteiger partial charge on any atom is 0.216 e. The lowest BCUT2D eigenvalue weighted by atomic mass is 10.4. The summed E-state index contributed by atoms with van der Waals surface area (Å²) in [6.07, 6.45) is 1.63. The molecule has 6 nitrogen and oxygen atoms in total. The first-order valence-electron chi connectivity index (χ1n) is 4.87. The molecule has 0 spiro atoms. The fraction of sp³-hybridized carbons (Fsp3) is 0.750. The molecule has 0 N–H and O–H groups in total. The summed E-state index contributed by atoms with van der Waals surface area (Å²) in [4.78, 5) is 0. The van der Waals surface area contributed by atoms with E-state index in [9.17, 15) is 8.42 Å². The molecule has 15 heavy (non-hydrogen) atoms. The number of hydrogen-bond donors (Lipinski definition) is 0. The van der Waals surface area contributed by atoms with Gasteiger partial charge in [-0.25, -0.2) is 8.42 Å². The second-order valence-corrected chi connectivity index (χ2v) is 6.36. The van der Waals surface area contributed by atoms with Gasteiger partial charge in [-0.3, -0.25) is 0 Å². The van der Waals surface area contributed by atoms with E-state index in [0.717, 1.165) is 0 Å². The largest absolute Gasteiger partial charge is 0.315 e. The van der Waals surface area contributed by atoms with Gasteiger partial charge in [0.25, 0.3) is 0 Å². The Hall–Kier alpha value is -0.950. The highest BCUT2D eigenvalue weighted by Crippen LogP contribution is 2.16. The number of rotatable bonds is 2. The minimum Gasteiger partial charge on any atom is -0.315 e. The van der Waals surface area contributed by atoms with Crippen molar-refractivity contribution < 1.29 is 8.42 Å². The van der Waals surface area contributed by atoms with Crippen LogP contribution in [0.25, 0.3) is 0 Å². The van der Waals surface area contributed by atoms with Crippen LogP contribution in [0.4, 0.5) is 0 Å². The zero-order chi connectivity index (χ0) is 11.1. The molecule has 0 fully saturated rings. The SMILES string of the molecule is CC(C)S(=O)(=O)N1CCn2cnnc2C1. The Balaban J connectivity index is 2.24. The first-order valence-corrected chi connectivity index (χ1v) is 6.38. The predicted molar refractivity (Wildman–Crippen MR) is 54.5 cm³/mol. The third kappa shape index (κ3) is 1.76. The normalized spacial score (nSPS) is 18.1. The van der Waals surface area contributed by atoms with Crippen molar-refractivity contribution in [2.45, 2.75) is 32.2 Å². The van der Waals surface area contributed by atoms with Crippen molar-refractivity contribution in [1.82, 2.24) is 19.1 Å². The van der Waals surface area contributed by atoms with Crippen molar-refractivity contribution >= 4 is 10.0 Å². The van der Waals surface area contributed by atoms with E-state index >= 15 is 0 Å². The zero-order valence-corrected chi connectivity index (χ0v) is 9.61. The zero-order valence-electron chi connectivity index (χ0n) is 8.79. The van der Waals surface area contributed by atoms with E-state index in [-0.39, 0.29) is 5.25 Å². The number of sulfonamides is 1. The van der Waals surface area contributed by atoms with Crippen molar-refractivity contribution in [2.75, 3.05) is 6.54 Å². The third-order valence-electron chi connectivity index (χ3n) is 2.56. The van der Waals surface area contributed by atoms with E-state index in [2.05, 4.69) is 10.2 Å². The summed E-state index contributed by atoms with van der Waals surface area (Å²) in [6.45, 7) is 4.85. The molecule has 0 aromatic carbocycles. The molecule has 84 valence electrons. The van der Waals surface area contributed by atoms with Crippen LogP contribution in [0.3, 0.4) is 0 Å². The van der Waals surface area contributed by atoms with Gasteiger partial charge in [0.2, 0.25) is 10.0 Å². The van der Waals surface area contributed by atoms with Gasteiger partial charge in [-0.1, -0.05) is 0 Å². The maximum absolute atomic E-state index is 11.9. The van der Waals surface area contributed by atoms with Gasteiger partial charge in [0.1, 0.15) is 12.2 Å². The summed E-state index contributed by atoms with van der Waals surface area (Å²) in [5, 5.41) is 7.26. The van der Waals surface area contributed by atoms with Gasteiger partial charge in [0.15, 0.2) is 0 Å². The molecule has 2 heterocycles. The van der Waals surface area contributed by atoms with Crippen molar-refractivity contribution in [2.24, 2.45) is 0 Å². The molecule has 1 aromatic heterocycles. The average Bonchev–Trinajstić information content (AvgIpc) is 2.63. The van der Waals surface area contributed by atoms with Crippen LogP contribution in [-0.2, 0) is 23.1 Å². The highest BCUT2D eigenvalue weighted by atomic mass is 32.2. The lowest BCUT2D eigenvalue weighted by Crippen LogP contribution is -2.41. The van der Waals surface area contributed by atoms with Gasteiger partial charge in [-0.2, -0.15) is 4.31 Å². The van der Waals surface area contributed by atoms with Crippen LogP contribution in [0.1, 0.15) is 19.7 Å². The van der Waals surface area contributed by atoms with Crippen molar-refractivity contribution in [3.8, 4) is 0 Å². The number of nitrogens with zero attached hydrogens (tertiary/aromatic N) is 4. The summed E-state index contributed by atoms with van der Waals surface area (Å²) < 4.78 is 27.1. The predicted octanol–water partition coefficient (Wildman–Crippen LogP) is -0.168. The second-order valence-electron chi connectivity index (χ2n) is 3.87. The molecule has 0 aliphatic carbocycles. The number of hydrogen-bond acceptors (Lipinski definition) is 4. The summed E-state index contributed by atoms with van der Waals surface area (Å²) in [5.41, 5.74) is 0. The van der Waals surface area contributed by atoms with Gasteiger partial charge in [0.05, 0.1) is 11.8 Å². The molecule has 0 bridgehead atoms. The van der Waals surface area contributed by atoms with Crippen molar-refractivity contribution in [3.05, 3.63) is 12.2 Å². The van der Waals surface area contributed by atoms with E-state index in [0.29, 0.717) is 25.5 Å². The molecule has 0 amide bonds. The fourth-order valence-electron chi connectivity index (χ4n) is 1.56. The molecular weight excluding hydrogens is 216 g/mol. The number of fused-ring (bicyclic) bond motifs is 1. The summed E-state index contributed by atoms with van der Waals surface area (Å²) in [5.74, 6) is 0.713. The minimum atomic E-state index is -3.17. The maximum atomic E-state index is 11.9. The lowest BCUT2D eigenvalue weighted by molar-refractivity contribution is 0.332. The van der Waals surface area contributed by atoms with Crippen LogP contribution in [0.2, 0.25) is 0 Å². The van der Waals surface area contributed by atoms with Gasteiger partial charge in [-0.15, -0.1) is 10.2 Å². The molecule has 1 aromatic rings. The molecule has 1 aliphatic heterocycles. The van der Waals surface area contributed by atoms with E-state index < -0.39 is 10.0 Å². The van der Waals surface area contributed by atoms with E-state index in [1.807, 2.05) is 4.57 Å². The summed E-state index contributed by atoms with van der Waals surface area (Å²) in [6, 6.07) is 0. The van der Waals surface area contributed by atoms with Crippen LogP contribution >= 0.6 is 0 Å². The van der Waals surface area contributed by atoms with Crippen LogP contribution in [0.5, 0.6) is 0 Å². The van der Waals surface area contributed by atoms with Gasteiger partial charge in [0, 0.05) is 13.1 Å². The Labute approximate surface area is 89.0 Å². The molecule has 0 saturated carbocycles. The van der Waals surface area contributed by atoms with Crippen LogP contribution in [0.15, 0.2) is 6.33 Å². The van der Waals surface area contributed by atoms with Crippen LogP contribution in [-0.4, -0.2) is 39.3 Å². The Bertz CT molecular complexity index is 451. The molecule has 1 aliphatic rings. The molecule has 0 radical (unpaired) electrons. The van der Waals surface area contributed by atoms with Gasteiger partial charge < -0.3 is 4.57 Å². The summed E-state index contributed by atoms with van der Waals surface area (Å²) >= 11 is 0. The molecular formula is C8H14N4O2S. The van der Waals surface area contributed by atoms with Gasteiger partial charge in [-0.05, 0) is 13.8 Å². The standard InChI is InChI=1S/C8H14N4O2S/c1-7(2)15(13,14)12-4-3-11-6-9-10-8(11)5-12/h6-7H,3-5H2,1-2H3. The Morgan fingerprint density at radius 2 is 2.13 bits per heavy atom. The van der Waals surface area contributed by atoms with Crippen molar-refractivity contribution in [1.29, 1.82) is 0 Å².